The van der Waals surface area contributed by atoms with E-state index in [1.165, 1.54) is 44.6 Å². The Morgan fingerprint density at radius 1 is 0.833 bits per heavy atom. The summed E-state index contributed by atoms with van der Waals surface area (Å²) in [4.78, 5) is 16.4. The zero-order valence-electron chi connectivity index (χ0n) is 21.2. The number of aromatic nitrogens is 1. The zero-order valence-corrected chi connectivity index (χ0v) is 21.2. The van der Waals surface area contributed by atoms with Crippen LogP contribution in [0.4, 0.5) is 4.39 Å². The van der Waals surface area contributed by atoms with Gasteiger partial charge in [-0.1, -0.05) is 81.3 Å². The summed E-state index contributed by atoms with van der Waals surface area (Å²) in [7, 11) is 0. The Morgan fingerprint density at radius 3 is 2.28 bits per heavy atom. The van der Waals surface area contributed by atoms with Crippen LogP contribution in [0.3, 0.4) is 0 Å². The van der Waals surface area contributed by atoms with E-state index in [1.54, 1.807) is 12.1 Å². The van der Waals surface area contributed by atoms with Crippen molar-refractivity contribution in [2.45, 2.75) is 58.8 Å². The lowest BCUT2D eigenvalue weighted by Crippen LogP contribution is -1.97. The SMILES string of the molecule is CCCCCCCCCOc1ccc(-c2ccc(-c3cc(C=O)c4cc(C)ccc4n3)cc2F)cc1. The van der Waals surface area contributed by atoms with Crippen LogP contribution < -0.4 is 4.74 Å². The van der Waals surface area contributed by atoms with Crippen molar-refractivity contribution in [3.05, 3.63) is 83.7 Å². The summed E-state index contributed by atoms with van der Waals surface area (Å²) in [5.41, 5.74) is 4.85. The highest BCUT2D eigenvalue weighted by atomic mass is 19.1. The monoisotopic (exact) mass is 483 g/mol. The predicted octanol–water partition coefficient (Wildman–Crippen LogP) is 8.96. The molecule has 0 aliphatic carbocycles. The second-order valence-electron chi connectivity index (χ2n) is 9.42. The molecule has 0 unspecified atom stereocenters. The van der Waals surface area contributed by atoms with E-state index in [2.05, 4.69) is 11.9 Å². The van der Waals surface area contributed by atoms with Gasteiger partial charge in [0.05, 0.1) is 17.8 Å². The number of unbranched alkanes of at least 4 members (excludes halogenated alkanes) is 6. The third kappa shape index (κ3) is 6.37. The van der Waals surface area contributed by atoms with Crippen LogP contribution in [-0.4, -0.2) is 17.9 Å². The molecule has 186 valence electrons. The summed E-state index contributed by atoms with van der Waals surface area (Å²) in [6, 6.07) is 20.2. The topological polar surface area (TPSA) is 39.2 Å². The normalized spacial score (nSPS) is 11.1. The number of pyridine rings is 1. The van der Waals surface area contributed by atoms with Gasteiger partial charge in [0, 0.05) is 22.1 Å². The molecule has 3 nitrogen and oxygen atoms in total. The maximum absolute atomic E-state index is 15.1. The third-order valence-electron chi connectivity index (χ3n) is 6.57. The van der Waals surface area contributed by atoms with Gasteiger partial charge in [0.25, 0.3) is 0 Å². The summed E-state index contributed by atoms with van der Waals surface area (Å²) in [6.45, 7) is 4.92. The molecular weight excluding hydrogens is 449 g/mol. The van der Waals surface area contributed by atoms with Crippen molar-refractivity contribution in [3.8, 4) is 28.1 Å². The van der Waals surface area contributed by atoms with Crippen molar-refractivity contribution in [2.75, 3.05) is 6.61 Å². The number of aldehydes is 1. The first kappa shape index (κ1) is 25.6. The third-order valence-corrected chi connectivity index (χ3v) is 6.57. The van der Waals surface area contributed by atoms with Gasteiger partial charge < -0.3 is 4.74 Å². The van der Waals surface area contributed by atoms with Crippen molar-refractivity contribution in [3.63, 3.8) is 0 Å². The molecule has 0 radical (unpaired) electrons. The van der Waals surface area contributed by atoms with Crippen LogP contribution in [0, 0.1) is 12.7 Å². The molecule has 0 atom stereocenters. The Bertz CT molecular complexity index is 1310. The zero-order chi connectivity index (χ0) is 25.3. The van der Waals surface area contributed by atoms with Crippen LogP contribution in [0.2, 0.25) is 0 Å². The largest absolute Gasteiger partial charge is 0.494 e. The van der Waals surface area contributed by atoms with Crippen LogP contribution in [0.15, 0.2) is 66.7 Å². The maximum atomic E-state index is 15.1. The fraction of sp³-hybridized carbons (Fsp3) is 0.312. The first-order valence-electron chi connectivity index (χ1n) is 13.0. The molecule has 0 fully saturated rings. The first-order valence-corrected chi connectivity index (χ1v) is 13.0. The summed E-state index contributed by atoms with van der Waals surface area (Å²) >= 11 is 0. The number of benzene rings is 3. The fourth-order valence-corrected chi connectivity index (χ4v) is 4.50. The van der Waals surface area contributed by atoms with Gasteiger partial charge in [-0.3, -0.25) is 4.79 Å². The average Bonchev–Trinajstić information content (AvgIpc) is 2.90. The Labute approximate surface area is 213 Å². The Kier molecular flexibility index (Phi) is 8.83. The van der Waals surface area contributed by atoms with Gasteiger partial charge in [-0.2, -0.15) is 0 Å². The lowest BCUT2D eigenvalue weighted by atomic mass is 10.00. The van der Waals surface area contributed by atoms with Crippen LogP contribution in [0.5, 0.6) is 5.75 Å². The molecule has 3 aromatic carbocycles. The molecule has 0 spiro atoms. The number of hydrogen-bond acceptors (Lipinski definition) is 3. The Balaban J connectivity index is 1.41. The molecule has 4 rings (SSSR count). The molecule has 1 aromatic heterocycles. The highest BCUT2D eigenvalue weighted by molar-refractivity contribution is 5.98. The summed E-state index contributed by atoms with van der Waals surface area (Å²) in [5, 5.41) is 0.806. The van der Waals surface area contributed by atoms with Crippen LogP contribution >= 0.6 is 0 Å². The number of carbonyl (C=O) groups excluding carboxylic acids is 1. The van der Waals surface area contributed by atoms with Crippen molar-refractivity contribution >= 4 is 17.2 Å². The molecule has 0 aliphatic rings. The standard InChI is InChI=1S/C32H34FNO2/c1-3-4-5-6-7-8-9-18-36-27-14-11-24(12-15-27)28-16-13-25(20-30(28)33)32-21-26(22-35)29-19-23(2)10-17-31(29)34-32/h10-17,19-22H,3-9,18H2,1-2H3. The van der Waals surface area contributed by atoms with Crippen molar-refractivity contribution in [1.29, 1.82) is 0 Å². The number of ether oxygens (including phenoxy) is 1. The maximum Gasteiger partial charge on any atom is 0.150 e. The van der Waals surface area contributed by atoms with E-state index < -0.39 is 0 Å². The fourth-order valence-electron chi connectivity index (χ4n) is 4.50. The molecule has 0 amide bonds. The van der Waals surface area contributed by atoms with Crippen molar-refractivity contribution in [2.24, 2.45) is 0 Å². The molecule has 36 heavy (non-hydrogen) atoms. The highest BCUT2D eigenvalue weighted by Gasteiger charge is 2.12. The molecule has 4 heteroatoms. The average molecular weight is 484 g/mol. The number of nitrogens with zero attached hydrogens (tertiary/aromatic N) is 1. The van der Waals surface area contributed by atoms with E-state index in [0.29, 0.717) is 29.0 Å². The quantitative estimate of drug-likeness (QED) is 0.149. The van der Waals surface area contributed by atoms with Gasteiger partial charge in [0.2, 0.25) is 0 Å². The van der Waals surface area contributed by atoms with Crippen molar-refractivity contribution < 1.29 is 13.9 Å². The number of aryl methyl sites for hydroxylation is 1. The van der Waals surface area contributed by atoms with Crippen molar-refractivity contribution in [1.82, 2.24) is 4.98 Å². The molecule has 0 saturated heterocycles. The second kappa shape index (κ2) is 12.4. The molecule has 0 saturated carbocycles. The minimum atomic E-state index is -0.331. The molecule has 1 heterocycles. The molecule has 4 aromatic rings. The minimum absolute atomic E-state index is 0.331. The summed E-state index contributed by atoms with van der Waals surface area (Å²) in [6.07, 6.45) is 9.58. The highest BCUT2D eigenvalue weighted by Crippen LogP contribution is 2.30. The molecule has 0 bridgehead atoms. The Hall–Kier alpha value is -3.53. The van der Waals surface area contributed by atoms with Crippen LogP contribution in [0.1, 0.15) is 67.8 Å². The lowest BCUT2D eigenvalue weighted by Gasteiger charge is -2.10. The smallest absolute Gasteiger partial charge is 0.150 e. The minimum Gasteiger partial charge on any atom is -0.494 e. The number of fused-ring (bicyclic) bond motifs is 1. The van der Waals surface area contributed by atoms with Gasteiger partial charge in [0.15, 0.2) is 6.29 Å². The summed E-state index contributed by atoms with van der Waals surface area (Å²) in [5.74, 6) is 0.474. The molecular formula is C32H34FNO2. The van der Waals surface area contributed by atoms with E-state index >= 15 is 4.39 Å². The summed E-state index contributed by atoms with van der Waals surface area (Å²) < 4.78 is 21.0. The van der Waals surface area contributed by atoms with E-state index in [0.717, 1.165) is 40.5 Å². The molecule has 0 aliphatic heterocycles. The van der Waals surface area contributed by atoms with Crippen LogP contribution in [-0.2, 0) is 0 Å². The van der Waals surface area contributed by atoms with Crippen LogP contribution in [0.25, 0.3) is 33.3 Å². The second-order valence-corrected chi connectivity index (χ2v) is 9.42. The van der Waals surface area contributed by atoms with Gasteiger partial charge in [-0.25, -0.2) is 9.37 Å². The Morgan fingerprint density at radius 2 is 1.56 bits per heavy atom. The lowest BCUT2D eigenvalue weighted by molar-refractivity contribution is 0.112. The predicted molar refractivity (Wildman–Crippen MR) is 146 cm³/mol. The van der Waals surface area contributed by atoms with Gasteiger partial charge in [-0.15, -0.1) is 0 Å². The first-order chi connectivity index (χ1) is 17.6. The number of hydrogen-bond donors (Lipinski definition) is 0. The van der Waals surface area contributed by atoms with E-state index in [4.69, 9.17) is 4.74 Å². The van der Waals surface area contributed by atoms with E-state index in [1.807, 2.05) is 55.5 Å². The number of halogens is 1. The van der Waals surface area contributed by atoms with E-state index in [-0.39, 0.29) is 5.82 Å². The molecule has 0 N–H and O–H groups in total. The van der Waals surface area contributed by atoms with E-state index in [9.17, 15) is 4.79 Å². The number of rotatable bonds is 12. The van der Waals surface area contributed by atoms with Gasteiger partial charge >= 0.3 is 0 Å². The number of carbonyl (C=O) groups is 1. The van der Waals surface area contributed by atoms with Gasteiger partial charge in [-0.05, 0) is 55.3 Å². The van der Waals surface area contributed by atoms with Gasteiger partial charge in [0.1, 0.15) is 11.6 Å².